The number of aromatic nitrogens is 1. The van der Waals surface area contributed by atoms with Crippen LogP contribution in [0.5, 0.6) is 0 Å². The number of nitrogens with zero attached hydrogens (tertiary/aromatic N) is 1. The minimum Gasteiger partial charge on any atom is -0.392 e. The van der Waals surface area contributed by atoms with Gasteiger partial charge in [-0.3, -0.25) is 0 Å². The van der Waals surface area contributed by atoms with E-state index in [1.165, 1.54) is 33.0 Å². The molecule has 4 heteroatoms. The van der Waals surface area contributed by atoms with Crippen molar-refractivity contribution in [2.45, 2.75) is 79.4 Å². The summed E-state index contributed by atoms with van der Waals surface area (Å²) in [5, 5.41) is 22.2. The van der Waals surface area contributed by atoms with Crippen LogP contribution in [0.4, 0.5) is 0 Å². The Morgan fingerprint density at radius 2 is 1.36 bits per heavy atom. The predicted molar refractivity (Wildman–Crippen MR) is 159 cm³/mol. The van der Waals surface area contributed by atoms with Crippen LogP contribution >= 0.6 is 0 Å². The van der Waals surface area contributed by atoms with E-state index in [1.54, 1.807) is 0 Å². The smallest absolute Gasteiger partial charge is 0.0613 e. The SMILES string of the molecule is CC(C)(C)C(O)CC(O)C(C)(C)C.CC1(C)c2c(-c3ccccn3)[c-]ccc2-c2ccc3ccccc3c21.[Ir]. The van der Waals surface area contributed by atoms with E-state index in [-0.39, 0.29) is 36.4 Å². The van der Waals surface area contributed by atoms with Crippen LogP contribution in [0, 0.1) is 16.9 Å². The van der Waals surface area contributed by atoms with Gasteiger partial charge in [0.25, 0.3) is 0 Å². The molecule has 0 amide bonds. The van der Waals surface area contributed by atoms with E-state index in [4.69, 9.17) is 0 Å². The number of rotatable bonds is 3. The van der Waals surface area contributed by atoms with Crippen molar-refractivity contribution in [2.24, 2.45) is 10.8 Å². The standard InChI is InChI=1S/C24H18N.C11H24O2.Ir/c1-24(2)22-17-9-4-3-8-16(17)13-14-19(22)18-10-7-11-20(23(18)24)21-12-5-6-15-25-21;1-10(2,3)8(12)7-9(13)11(4,5)6;/h3-10,12-15H,1-2H3;8-9,12-13H,7H2,1-6H3;/q-1;;. The summed E-state index contributed by atoms with van der Waals surface area (Å²) in [6.07, 6.45) is 1.42. The summed E-state index contributed by atoms with van der Waals surface area (Å²) in [7, 11) is 0. The maximum Gasteiger partial charge on any atom is 0.0613 e. The van der Waals surface area contributed by atoms with Crippen LogP contribution in [0.15, 0.2) is 72.9 Å². The van der Waals surface area contributed by atoms with E-state index in [2.05, 4.69) is 73.4 Å². The van der Waals surface area contributed by atoms with Crippen LogP contribution in [-0.4, -0.2) is 27.4 Å². The van der Waals surface area contributed by atoms with E-state index in [9.17, 15) is 10.2 Å². The molecule has 1 heterocycles. The Balaban J connectivity index is 0.000000260. The van der Waals surface area contributed by atoms with Gasteiger partial charge in [-0.2, -0.15) is 0 Å². The molecule has 1 aromatic heterocycles. The zero-order valence-corrected chi connectivity index (χ0v) is 26.9. The molecule has 3 nitrogen and oxygen atoms in total. The van der Waals surface area contributed by atoms with Crippen molar-refractivity contribution in [2.75, 3.05) is 0 Å². The molecule has 0 bridgehead atoms. The fraction of sp³-hybridized carbons (Fsp3) is 0.400. The molecule has 1 aliphatic rings. The van der Waals surface area contributed by atoms with E-state index < -0.39 is 12.2 Å². The van der Waals surface area contributed by atoms with Gasteiger partial charge in [-0.15, -0.1) is 29.3 Å². The fourth-order valence-electron chi connectivity index (χ4n) is 5.30. The predicted octanol–water partition coefficient (Wildman–Crippen LogP) is 8.20. The normalized spacial score (nSPS) is 15.3. The van der Waals surface area contributed by atoms with Gasteiger partial charge in [0.1, 0.15) is 0 Å². The van der Waals surface area contributed by atoms with Crippen molar-refractivity contribution in [1.82, 2.24) is 4.98 Å². The average molecular weight is 701 g/mol. The summed E-state index contributed by atoms with van der Waals surface area (Å²) in [5.74, 6) is 0. The largest absolute Gasteiger partial charge is 0.392 e. The van der Waals surface area contributed by atoms with Gasteiger partial charge in [0.15, 0.2) is 0 Å². The van der Waals surface area contributed by atoms with Crippen LogP contribution in [0.25, 0.3) is 33.2 Å². The summed E-state index contributed by atoms with van der Waals surface area (Å²) in [4.78, 5) is 4.59. The van der Waals surface area contributed by atoms with Crippen LogP contribution in [0.2, 0.25) is 0 Å². The summed E-state index contributed by atoms with van der Waals surface area (Å²) in [6, 6.07) is 26.9. The summed E-state index contributed by atoms with van der Waals surface area (Å²) in [5.41, 5.74) is 7.12. The first-order chi connectivity index (χ1) is 17.7. The number of hydrogen-bond donors (Lipinski definition) is 2. The minimum absolute atomic E-state index is 0. The molecule has 2 unspecified atom stereocenters. The van der Waals surface area contributed by atoms with Gasteiger partial charge >= 0.3 is 0 Å². The topological polar surface area (TPSA) is 53.4 Å². The van der Waals surface area contributed by atoms with Crippen molar-refractivity contribution < 1.29 is 30.3 Å². The second kappa shape index (κ2) is 11.6. The van der Waals surface area contributed by atoms with Gasteiger partial charge in [0.05, 0.1) is 12.2 Å². The Kier molecular flexibility index (Phi) is 9.29. The third kappa shape index (κ3) is 6.36. The van der Waals surface area contributed by atoms with Crippen LogP contribution in [0.1, 0.15) is 72.9 Å². The summed E-state index contributed by atoms with van der Waals surface area (Å²) < 4.78 is 0. The number of pyridine rings is 1. The monoisotopic (exact) mass is 701 g/mol. The summed E-state index contributed by atoms with van der Waals surface area (Å²) in [6.45, 7) is 16.5. The number of hydrogen-bond acceptors (Lipinski definition) is 3. The molecular weight excluding hydrogens is 659 g/mol. The quantitative estimate of drug-likeness (QED) is 0.212. The van der Waals surface area contributed by atoms with E-state index in [0.29, 0.717) is 6.42 Å². The second-order valence-electron chi connectivity index (χ2n) is 13.2. The van der Waals surface area contributed by atoms with Crippen molar-refractivity contribution in [3.63, 3.8) is 0 Å². The molecule has 0 saturated carbocycles. The first kappa shape index (κ1) is 31.2. The zero-order valence-electron chi connectivity index (χ0n) is 24.5. The fourth-order valence-corrected chi connectivity index (χ4v) is 5.30. The molecule has 1 aliphatic carbocycles. The molecule has 4 aromatic rings. The first-order valence-corrected chi connectivity index (χ1v) is 13.6. The molecule has 3 aromatic carbocycles. The van der Waals surface area contributed by atoms with Gasteiger partial charge in [-0.1, -0.05) is 109 Å². The van der Waals surface area contributed by atoms with E-state index in [0.717, 1.165) is 11.3 Å². The van der Waals surface area contributed by atoms with Gasteiger partial charge in [0, 0.05) is 32.7 Å². The van der Waals surface area contributed by atoms with Gasteiger partial charge in [-0.05, 0) is 49.9 Å². The van der Waals surface area contributed by atoms with E-state index >= 15 is 0 Å². The van der Waals surface area contributed by atoms with Gasteiger partial charge < -0.3 is 15.2 Å². The van der Waals surface area contributed by atoms with Crippen LogP contribution in [-0.2, 0) is 25.5 Å². The third-order valence-electron chi connectivity index (χ3n) is 7.83. The van der Waals surface area contributed by atoms with Gasteiger partial charge in [0.2, 0.25) is 0 Å². The zero-order chi connectivity index (χ0) is 27.9. The molecule has 2 atom stereocenters. The van der Waals surface area contributed by atoms with Crippen LogP contribution in [0.3, 0.4) is 0 Å². The molecule has 5 rings (SSSR count). The number of aliphatic hydroxyl groups excluding tert-OH is 2. The molecule has 209 valence electrons. The van der Waals surface area contributed by atoms with Crippen LogP contribution < -0.4 is 0 Å². The Morgan fingerprint density at radius 1 is 0.769 bits per heavy atom. The molecule has 0 saturated heterocycles. The Hall–Kier alpha value is -2.36. The van der Waals surface area contributed by atoms with Gasteiger partial charge in [-0.25, -0.2) is 0 Å². The molecule has 2 N–H and O–H groups in total. The molecule has 0 spiro atoms. The molecule has 39 heavy (non-hydrogen) atoms. The molecule has 1 radical (unpaired) electrons. The maximum absolute atomic E-state index is 9.76. The molecule has 0 fully saturated rings. The third-order valence-corrected chi connectivity index (χ3v) is 7.83. The second-order valence-corrected chi connectivity index (χ2v) is 13.2. The first-order valence-electron chi connectivity index (χ1n) is 13.6. The maximum atomic E-state index is 9.76. The van der Waals surface area contributed by atoms with E-state index in [1.807, 2.05) is 65.9 Å². The number of fused-ring (bicyclic) bond motifs is 5. The molecular formula is C35H42IrNO2-. The average Bonchev–Trinajstić information content (AvgIpc) is 3.11. The minimum atomic E-state index is -0.443. The summed E-state index contributed by atoms with van der Waals surface area (Å²) >= 11 is 0. The van der Waals surface area contributed by atoms with Crippen molar-refractivity contribution >= 4 is 10.8 Å². The number of benzene rings is 3. The Morgan fingerprint density at radius 3 is 1.95 bits per heavy atom. The Labute approximate surface area is 248 Å². The number of aliphatic hydroxyl groups is 2. The molecule has 0 aliphatic heterocycles. The van der Waals surface area contributed by atoms with Crippen molar-refractivity contribution in [3.05, 3.63) is 90.1 Å². The van der Waals surface area contributed by atoms with Crippen molar-refractivity contribution in [3.8, 4) is 22.4 Å². The van der Waals surface area contributed by atoms with Crippen molar-refractivity contribution in [1.29, 1.82) is 0 Å². The Bertz CT molecular complexity index is 1400.